The van der Waals surface area contributed by atoms with Gasteiger partial charge in [-0.15, -0.1) is 0 Å². The molecule has 0 radical (unpaired) electrons. The number of carbonyl (C=O) groups excluding carboxylic acids is 2. The Balaban J connectivity index is 1.30. The number of aliphatic hydroxyl groups is 1. The molecule has 8 nitrogen and oxygen atoms in total. The van der Waals surface area contributed by atoms with E-state index >= 15 is 0 Å². The summed E-state index contributed by atoms with van der Waals surface area (Å²) in [6, 6.07) is 13.0. The van der Waals surface area contributed by atoms with E-state index in [1.807, 2.05) is 18.2 Å². The summed E-state index contributed by atoms with van der Waals surface area (Å²) in [6.07, 6.45) is 5.05. The number of aliphatic hydroxyl groups excluding tert-OH is 1. The van der Waals surface area contributed by atoms with Crippen molar-refractivity contribution in [2.24, 2.45) is 11.7 Å². The smallest absolute Gasteiger partial charge is 0.320 e. The van der Waals surface area contributed by atoms with Gasteiger partial charge in [-0.25, -0.2) is 9.78 Å². The maximum atomic E-state index is 12.7. The highest BCUT2D eigenvalue weighted by molar-refractivity contribution is 5.94. The van der Waals surface area contributed by atoms with Crippen molar-refractivity contribution in [3.63, 3.8) is 0 Å². The van der Waals surface area contributed by atoms with Gasteiger partial charge in [0.15, 0.2) is 6.23 Å². The Bertz CT molecular complexity index is 962. The first-order valence-electron chi connectivity index (χ1n) is 11.6. The summed E-state index contributed by atoms with van der Waals surface area (Å²) < 4.78 is 5.95. The van der Waals surface area contributed by atoms with Crippen LogP contribution in [-0.4, -0.2) is 51.3 Å². The molecule has 3 amide bonds. The molecule has 1 saturated heterocycles. The number of nitrogens with zero attached hydrogens (tertiary/aromatic N) is 2. The van der Waals surface area contributed by atoms with Crippen molar-refractivity contribution >= 4 is 11.9 Å². The Kier molecular flexibility index (Phi) is 7.13. The van der Waals surface area contributed by atoms with E-state index in [4.69, 9.17) is 10.5 Å². The van der Waals surface area contributed by atoms with Crippen LogP contribution in [0.3, 0.4) is 0 Å². The number of pyridine rings is 1. The maximum absolute atomic E-state index is 12.7. The van der Waals surface area contributed by atoms with E-state index in [-0.39, 0.29) is 35.7 Å². The number of hydrogen-bond donors (Lipinski definition) is 3. The number of nitrogens with two attached hydrogens (primary N) is 1. The van der Waals surface area contributed by atoms with Gasteiger partial charge in [-0.2, -0.15) is 0 Å². The lowest BCUT2D eigenvalue weighted by Crippen LogP contribution is -2.46. The molecule has 1 aromatic carbocycles. The Morgan fingerprint density at radius 2 is 1.94 bits per heavy atom. The molecule has 2 heterocycles. The quantitative estimate of drug-likeness (QED) is 0.569. The standard InChI is InChI=1S/C25H32N4O4/c1-16(14-17-6-3-2-4-7-17)15-21-24(31)29(25(32)28-21)18-9-11-19(12-10-18)33-23-20(22(26)30)8-5-13-27-23/h2-8,13,16,18-19,21,24,31H,9-12,14-15H2,1H3,(H2,26,30)(H,28,32). The molecule has 2 aromatic rings. The highest BCUT2D eigenvalue weighted by atomic mass is 16.5. The summed E-state index contributed by atoms with van der Waals surface area (Å²) in [6.45, 7) is 2.15. The second kappa shape index (κ2) is 10.2. The minimum Gasteiger partial charge on any atom is -0.474 e. The lowest BCUT2D eigenvalue weighted by atomic mass is 9.91. The second-order valence-electron chi connectivity index (χ2n) is 9.18. The van der Waals surface area contributed by atoms with Gasteiger partial charge in [-0.1, -0.05) is 37.3 Å². The summed E-state index contributed by atoms with van der Waals surface area (Å²) in [4.78, 5) is 30.0. The number of urea groups is 1. The fourth-order valence-electron chi connectivity index (χ4n) is 4.99. The number of rotatable bonds is 8. The van der Waals surface area contributed by atoms with Crippen LogP contribution < -0.4 is 15.8 Å². The summed E-state index contributed by atoms with van der Waals surface area (Å²) >= 11 is 0. The van der Waals surface area contributed by atoms with E-state index in [0.29, 0.717) is 38.0 Å². The number of carbonyl (C=O) groups is 2. The molecule has 1 aromatic heterocycles. The van der Waals surface area contributed by atoms with E-state index in [2.05, 4.69) is 29.4 Å². The van der Waals surface area contributed by atoms with Gasteiger partial charge in [-0.05, 0) is 62.1 Å². The zero-order valence-corrected chi connectivity index (χ0v) is 18.9. The van der Waals surface area contributed by atoms with E-state index in [0.717, 1.165) is 6.42 Å². The van der Waals surface area contributed by atoms with E-state index in [9.17, 15) is 14.7 Å². The Morgan fingerprint density at radius 3 is 2.64 bits per heavy atom. The first-order valence-corrected chi connectivity index (χ1v) is 11.6. The van der Waals surface area contributed by atoms with Crippen LogP contribution in [0.4, 0.5) is 4.79 Å². The maximum Gasteiger partial charge on any atom is 0.320 e. The molecule has 33 heavy (non-hydrogen) atoms. The number of ether oxygens (including phenoxy) is 1. The first-order chi connectivity index (χ1) is 15.9. The summed E-state index contributed by atoms with van der Waals surface area (Å²) in [5, 5.41) is 13.9. The highest BCUT2D eigenvalue weighted by Gasteiger charge is 2.43. The van der Waals surface area contributed by atoms with Crippen LogP contribution in [0.15, 0.2) is 48.7 Å². The predicted molar refractivity (Wildman–Crippen MR) is 124 cm³/mol. The van der Waals surface area contributed by atoms with Crippen LogP contribution in [0, 0.1) is 5.92 Å². The molecular weight excluding hydrogens is 420 g/mol. The molecule has 4 N–H and O–H groups in total. The van der Waals surface area contributed by atoms with Gasteiger partial charge in [0.1, 0.15) is 11.7 Å². The molecule has 176 valence electrons. The Hall–Kier alpha value is -3.13. The van der Waals surface area contributed by atoms with Crippen molar-refractivity contribution in [2.75, 3.05) is 0 Å². The van der Waals surface area contributed by atoms with Crippen molar-refractivity contribution in [1.29, 1.82) is 0 Å². The summed E-state index contributed by atoms with van der Waals surface area (Å²) in [5.74, 6) is 0.00492. The molecule has 2 aliphatic rings. The average Bonchev–Trinajstić information content (AvgIpc) is 3.08. The zero-order chi connectivity index (χ0) is 23.4. The normalized spacial score (nSPS) is 26.0. The van der Waals surface area contributed by atoms with Crippen molar-refractivity contribution in [1.82, 2.24) is 15.2 Å². The zero-order valence-electron chi connectivity index (χ0n) is 18.9. The third kappa shape index (κ3) is 5.45. The molecule has 1 saturated carbocycles. The number of aromatic nitrogens is 1. The molecule has 2 fully saturated rings. The van der Waals surface area contributed by atoms with Gasteiger partial charge in [0.2, 0.25) is 5.88 Å². The second-order valence-corrected chi connectivity index (χ2v) is 9.18. The van der Waals surface area contributed by atoms with Crippen molar-refractivity contribution in [3.8, 4) is 5.88 Å². The minimum atomic E-state index is -0.838. The van der Waals surface area contributed by atoms with Crippen LogP contribution in [0.1, 0.15) is 54.9 Å². The third-order valence-electron chi connectivity index (χ3n) is 6.62. The summed E-state index contributed by atoms with van der Waals surface area (Å²) in [5.41, 5.74) is 6.93. The van der Waals surface area contributed by atoms with Gasteiger partial charge in [0.25, 0.3) is 5.91 Å². The number of nitrogens with one attached hydrogen (secondary N) is 1. The molecule has 4 rings (SSSR count). The fraction of sp³-hybridized carbons (Fsp3) is 0.480. The van der Waals surface area contributed by atoms with E-state index in [1.165, 1.54) is 5.56 Å². The third-order valence-corrected chi connectivity index (χ3v) is 6.62. The van der Waals surface area contributed by atoms with E-state index < -0.39 is 12.1 Å². The number of hydrogen-bond acceptors (Lipinski definition) is 5. The molecule has 1 aliphatic carbocycles. The number of amides is 3. The Labute approximate surface area is 194 Å². The highest BCUT2D eigenvalue weighted by Crippen LogP contribution is 2.31. The van der Waals surface area contributed by atoms with Crippen LogP contribution >= 0.6 is 0 Å². The van der Waals surface area contributed by atoms with E-state index in [1.54, 1.807) is 23.2 Å². The van der Waals surface area contributed by atoms with Gasteiger partial charge < -0.3 is 20.9 Å². The van der Waals surface area contributed by atoms with Crippen LogP contribution in [0.2, 0.25) is 0 Å². The van der Waals surface area contributed by atoms with Crippen molar-refractivity contribution in [3.05, 3.63) is 59.8 Å². The van der Waals surface area contributed by atoms with Gasteiger partial charge in [0, 0.05) is 12.2 Å². The largest absolute Gasteiger partial charge is 0.474 e. The SMILES string of the molecule is CC(Cc1ccccc1)CC1NC(=O)N(C2CCC(Oc3ncccc3C(N)=O)CC2)C1O. The molecule has 3 atom stereocenters. The molecule has 0 bridgehead atoms. The molecular formula is C25H32N4O4. The van der Waals surface area contributed by atoms with Crippen LogP contribution in [0.25, 0.3) is 0 Å². The van der Waals surface area contributed by atoms with Crippen LogP contribution in [0.5, 0.6) is 5.88 Å². The van der Waals surface area contributed by atoms with Gasteiger partial charge in [-0.3, -0.25) is 9.69 Å². The van der Waals surface area contributed by atoms with Crippen molar-refractivity contribution in [2.45, 2.75) is 69.9 Å². The lowest BCUT2D eigenvalue weighted by Gasteiger charge is -2.36. The number of primary amides is 1. The molecule has 1 aliphatic heterocycles. The topological polar surface area (TPSA) is 118 Å². The van der Waals surface area contributed by atoms with Gasteiger partial charge >= 0.3 is 6.03 Å². The lowest BCUT2D eigenvalue weighted by molar-refractivity contribution is -0.00565. The van der Waals surface area contributed by atoms with Gasteiger partial charge in [0.05, 0.1) is 6.04 Å². The minimum absolute atomic E-state index is 0.0476. The monoisotopic (exact) mass is 452 g/mol. The fourth-order valence-corrected chi connectivity index (χ4v) is 4.99. The molecule has 3 unspecified atom stereocenters. The molecule has 8 heteroatoms. The molecule has 0 spiro atoms. The number of benzene rings is 1. The predicted octanol–water partition coefficient (Wildman–Crippen LogP) is 2.85. The Morgan fingerprint density at radius 1 is 1.21 bits per heavy atom. The van der Waals surface area contributed by atoms with Crippen molar-refractivity contribution < 1.29 is 19.4 Å². The summed E-state index contributed by atoms with van der Waals surface area (Å²) in [7, 11) is 0. The first kappa shape index (κ1) is 23.0. The van der Waals surface area contributed by atoms with Crippen LogP contribution in [-0.2, 0) is 6.42 Å². The average molecular weight is 453 g/mol.